The molecule has 1 aliphatic carbocycles. The van der Waals surface area contributed by atoms with Gasteiger partial charge in [-0.15, -0.1) is 11.3 Å². The molecule has 0 spiro atoms. The highest BCUT2D eigenvalue weighted by Crippen LogP contribution is 2.44. The minimum Gasteiger partial charge on any atom is -0.309 e. The van der Waals surface area contributed by atoms with Crippen molar-refractivity contribution in [3.63, 3.8) is 0 Å². The van der Waals surface area contributed by atoms with Crippen LogP contribution >= 0.6 is 22.9 Å². The number of pyridine rings is 1. The van der Waals surface area contributed by atoms with Crippen molar-refractivity contribution < 1.29 is 0 Å². The Kier molecular flexibility index (Phi) is 4.63. The molecule has 4 heteroatoms. The van der Waals surface area contributed by atoms with Gasteiger partial charge in [0.25, 0.3) is 0 Å². The van der Waals surface area contributed by atoms with E-state index in [1.807, 2.05) is 12.3 Å². The lowest BCUT2D eigenvalue weighted by molar-refractivity contribution is 0.443. The van der Waals surface area contributed by atoms with E-state index < -0.39 is 0 Å². The van der Waals surface area contributed by atoms with Crippen molar-refractivity contribution in [2.75, 3.05) is 6.54 Å². The predicted molar refractivity (Wildman–Crippen MR) is 90.4 cm³/mol. The zero-order valence-corrected chi connectivity index (χ0v) is 14.1. The van der Waals surface area contributed by atoms with Crippen LogP contribution in [0, 0.1) is 6.92 Å². The number of rotatable bonds is 5. The topological polar surface area (TPSA) is 24.9 Å². The Morgan fingerprint density at radius 2 is 2.38 bits per heavy atom. The quantitative estimate of drug-likeness (QED) is 0.849. The van der Waals surface area contributed by atoms with Crippen molar-refractivity contribution in [2.24, 2.45) is 0 Å². The Hall–Kier alpha value is -0.900. The van der Waals surface area contributed by atoms with Gasteiger partial charge in [-0.05, 0) is 55.3 Å². The zero-order chi connectivity index (χ0) is 14.8. The van der Waals surface area contributed by atoms with Crippen molar-refractivity contribution in [1.29, 1.82) is 0 Å². The van der Waals surface area contributed by atoms with Gasteiger partial charge in [0.2, 0.25) is 0 Å². The van der Waals surface area contributed by atoms with E-state index in [2.05, 4.69) is 35.6 Å². The smallest absolute Gasteiger partial charge is 0.0590 e. The molecule has 0 aromatic carbocycles. The molecule has 3 rings (SSSR count). The van der Waals surface area contributed by atoms with Gasteiger partial charge < -0.3 is 5.32 Å². The van der Waals surface area contributed by atoms with Crippen molar-refractivity contribution in [1.82, 2.24) is 10.3 Å². The third kappa shape index (κ3) is 2.87. The van der Waals surface area contributed by atoms with Gasteiger partial charge in [-0.1, -0.05) is 24.6 Å². The maximum atomic E-state index is 6.54. The van der Waals surface area contributed by atoms with Crippen LogP contribution in [0.15, 0.2) is 23.7 Å². The van der Waals surface area contributed by atoms with Crippen LogP contribution in [0.4, 0.5) is 0 Å². The first-order chi connectivity index (χ1) is 10.2. The normalized spacial score (nSPS) is 18.7. The summed E-state index contributed by atoms with van der Waals surface area (Å²) in [6, 6.07) is 4.53. The highest BCUT2D eigenvalue weighted by molar-refractivity contribution is 7.10. The largest absolute Gasteiger partial charge is 0.309 e. The lowest BCUT2D eigenvalue weighted by atomic mass is 9.95. The van der Waals surface area contributed by atoms with E-state index in [1.54, 1.807) is 11.3 Å². The van der Waals surface area contributed by atoms with Gasteiger partial charge in [-0.3, -0.25) is 4.98 Å². The molecule has 0 amide bonds. The van der Waals surface area contributed by atoms with E-state index in [1.165, 1.54) is 21.7 Å². The number of thiophene rings is 1. The predicted octanol–water partition coefficient (Wildman–Crippen LogP) is 4.88. The molecule has 0 bridgehead atoms. The standard InChI is InChI=1S/C17H21ClN2S/c1-3-8-19-16(17-14(18)11(2)10-21-17)13-7-6-12-5-4-9-20-15(12)13/h4-5,9-10,13,16,19H,3,6-8H2,1-2H3. The molecule has 2 nitrogen and oxygen atoms in total. The molecule has 1 aliphatic rings. The molecule has 2 heterocycles. The van der Waals surface area contributed by atoms with Crippen LogP contribution in [0.25, 0.3) is 0 Å². The van der Waals surface area contributed by atoms with E-state index in [0.717, 1.165) is 30.8 Å². The average Bonchev–Trinajstić information content (AvgIpc) is 3.06. The fourth-order valence-corrected chi connectivity index (χ4v) is 4.60. The monoisotopic (exact) mass is 320 g/mol. The summed E-state index contributed by atoms with van der Waals surface area (Å²) in [6.07, 6.45) is 5.32. The highest BCUT2D eigenvalue weighted by Gasteiger charge is 2.33. The van der Waals surface area contributed by atoms with Crippen LogP contribution in [0.3, 0.4) is 0 Å². The number of halogens is 1. The van der Waals surface area contributed by atoms with Gasteiger partial charge in [0.05, 0.1) is 11.1 Å². The summed E-state index contributed by atoms with van der Waals surface area (Å²) in [5.41, 5.74) is 3.84. The fraction of sp³-hybridized carbons (Fsp3) is 0.471. The van der Waals surface area contributed by atoms with Gasteiger partial charge in [0.1, 0.15) is 0 Å². The number of hydrogen-bond acceptors (Lipinski definition) is 3. The van der Waals surface area contributed by atoms with E-state index in [4.69, 9.17) is 11.6 Å². The van der Waals surface area contributed by atoms with Gasteiger partial charge >= 0.3 is 0 Å². The van der Waals surface area contributed by atoms with E-state index >= 15 is 0 Å². The Bertz CT molecular complexity index is 623. The summed E-state index contributed by atoms with van der Waals surface area (Å²) < 4.78 is 0. The third-order valence-corrected chi connectivity index (χ3v) is 6.02. The molecule has 2 aromatic rings. The highest BCUT2D eigenvalue weighted by atomic mass is 35.5. The Morgan fingerprint density at radius 1 is 1.52 bits per heavy atom. The van der Waals surface area contributed by atoms with Crippen LogP contribution < -0.4 is 5.32 Å². The number of nitrogens with one attached hydrogen (secondary N) is 1. The van der Waals surface area contributed by atoms with Crippen molar-refractivity contribution >= 4 is 22.9 Å². The number of fused-ring (bicyclic) bond motifs is 1. The van der Waals surface area contributed by atoms with E-state index in [9.17, 15) is 0 Å². The maximum Gasteiger partial charge on any atom is 0.0590 e. The first-order valence-electron chi connectivity index (χ1n) is 7.63. The number of nitrogens with zero attached hydrogens (tertiary/aromatic N) is 1. The van der Waals surface area contributed by atoms with E-state index in [-0.39, 0.29) is 6.04 Å². The second kappa shape index (κ2) is 6.47. The van der Waals surface area contributed by atoms with Crippen LogP contribution in [-0.2, 0) is 6.42 Å². The first-order valence-corrected chi connectivity index (χ1v) is 8.88. The molecule has 1 N–H and O–H groups in total. The molecule has 112 valence electrons. The van der Waals surface area contributed by atoms with Gasteiger partial charge in [0.15, 0.2) is 0 Å². The minimum absolute atomic E-state index is 0.285. The SMILES string of the molecule is CCCNC(c1scc(C)c1Cl)C1CCc2cccnc21. The second-order valence-corrected chi connectivity index (χ2v) is 7.01. The molecule has 0 aliphatic heterocycles. The average molecular weight is 321 g/mol. The lowest BCUT2D eigenvalue weighted by Gasteiger charge is -2.24. The Balaban J connectivity index is 1.95. The van der Waals surface area contributed by atoms with E-state index in [0.29, 0.717) is 5.92 Å². The first kappa shape index (κ1) is 15.0. The molecule has 0 fully saturated rings. The fourth-order valence-electron chi connectivity index (χ4n) is 3.15. The molecular weight excluding hydrogens is 300 g/mol. The molecule has 21 heavy (non-hydrogen) atoms. The summed E-state index contributed by atoms with van der Waals surface area (Å²) in [7, 11) is 0. The zero-order valence-electron chi connectivity index (χ0n) is 12.5. The van der Waals surface area contributed by atoms with Crippen LogP contribution in [0.1, 0.15) is 53.4 Å². The molecule has 2 atom stereocenters. The minimum atomic E-state index is 0.285. The van der Waals surface area contributed by atoms with Crippen molar-refractivity contribution in [3.05, 3.63) is 50.4 Å². The summed E-state index contributed by atoms with van der Waals surface area (Å²) in [5, 5.41) is 6.80. The third-order valence-electron chi connectivity index (χ3n) is 4.23. The maximum absolute atomic E-state index is 6.54. The Morgan fingerprint density at radius 3 is 3.10 bits per heavy atom. The Labute approximate surface area is 135 Å². The van der Waals surface area contributed by atoms with Gasteiger partial charge in [-0.2, -0.15) is 0 Å². The van der Waals surface area contributed by atoms with Gasteiger partial charge in [0, 0.05) is 22.7 Å². The van der Waals surface area contributed by atoms with Crippen molar-refractivity contribution in [3.8, 4) is 0 Å². The van der Waals surface area contributed by atoms with Crippen LogP contribution in [0.2, 0.25) is 5.02 Å². The molecule has 0 saturated heterocycles. The van der Waals surface area contributed by atoms with Gasteiger partial charge in [-0.25, -0.2) is 0 Å². The molecular formula is C17H21ClN2S. The number of aryl methyl sites for hydroxylation is 2. The summed E-state index contributed by atoms with van der Waals surface area (Å²) in [4.78, 5) is 5.92. The lowest BCUT2D eigenvalue weighted by Crippen LogP contribution is -2.27. The number of aromatic nitrogens is 1. The summed E-state index contributed by atoms with van der Waals surface area (Å²) >= 11 is 8.31. The molecule has 2 aromatic heterocycles. The van der Waals surface area contributed by atoms with Crippen LogP contribution in [0.5, 0.6) is 0 Å². The molecule has 0 radical (unpaired) electrons. The van der Waals surface area contributed by atoms with Crippen molar-refractivity contribution in [2.45, 2.75) is 45.1 Å². The number of hydrogen-bond donors (Lipinski definition) is 1. The summed E-state index contributed by atoms with van der Waals surface area (Å²) in [6.45, 7) is 5.29. The molecule has 0 saturated carbocycles. The molecule has 2 unspecified atom stereocenters. The van der Waals surface area contributed by atoms with Crippen LogP contribution in [-0.4, -0.2) is 11.5 Å². The summed E-state index contributed by atoms with van der Waals surface area (Å²) in [5.74, 6) is 0.434. The second-order valence-electron chi connectivity index (χ2n) is 5.72.